The van der Waals surface area contributed by atoms with Crippen LogP contribution in [0, 0.1) is 5.92 Å². The number of hydrogen-bond donors (Lipinski definition) is 4. The van der Waals surface area contributed by atoms with E-state index in [-0.39, 0.29) is 35.4 Å². The van der Waals surface area contributed by atoms with Crippen LogP contribution in [-0.2, 0) is 0 Å². The van der Waals surface area contributed by atoms with Gasteiger partial charge in [-0.3, -0.25) is 0 Å². The maximum Gasteiger partial charge on any atom is 0.223 e. The van der Waals surface area contributed by atoms with Crippen LogP contribution in [-0.4, -0.2) is 27.7 Å². The monoisotopic (exact) mass is 269 g/mol. The summed E-state index contributed by atoms with van der Waals surface area (Å²) in [7, 11) is 0. The maximum atomic E-state index is 9.20. The Hall–Kier alpha value is -1.53. The third-order valence-corrected chi connectivity index (χ3v) is 3.39. The zero-order chi connectivity index (χ0) is 13.3. The smallest absolute Gasteiger partial charge is 0.223 e. The van der Waals surface area contributed by atoms with Crippen molar-refractivity contribution in [2.24, 2.45) is 5.92 Å². The summed E-state index contributed by atoms with van der Waals surface area (Å²) in [5.74, 6) is 0.688. The Morgan fingerprint density at radius 3 is 2.83 bits per heavy atom. The van der Waals surface area contributed by atoms with Crippen LogP contribution in [0.2, 0.25) is 5.15 Å². The van der Waals surface area contributed by atoms with Gasteiger partial charge in [0.25, 0.3) is 0 Å². The van der Waals surface area contributed by atoms with E-state index >= 15 is 0 Å². The minimum atomic E-state index is 0.0646. The van der Waals surface area contributed by atoms with E-state index in [4.69, 9.17) is 23.1 Å². The molecule has 0 saturated heterocycles. The number of nitrogen functional groups attached to an aromatic ring is 2. The van der Waals surface area contributed by atoms with E-state index in [1.165, 1.54) is 0 Å². The molecule has 2 atom stereocenters. The summed E-state index contributed by atoms with van der Waals surface area (Å²) in [5, 5.41) is 12.5. The lowest BCUT2D eigenvalue weighted by molar-refractivity contribution is 0.244. The molecule has 6 N–H and O–H groups in total. The average molecular weight is 270 g/mol. The van der Waals surface area contributed by atoms with Crippen molar-refractivity contribution >= 4 is 29.1 Å². The van der Waals surface area contributed by atoms with Gasteiger partial charge in [0.15, 0.2) is 11.0 Å². The van der Waals surface area contributed by atoms with E-state index in [1.807, 2.05) is 13.0 Å². The molecule has 0 aliphatic heterocycles. The van der Waals surface area contributed by atoms with Crippen LogP contribution in [0.15, 0.2) is 11.6 Å². The van der Waals surface area contributed by atoms with Gasteiger partial charge in [-0.2, -0.15) is 9.97 Å². The second-order valence-electron chi connectivity index (χ2n) is 4.41. The molecule has 0 radical (unpaired) electrons. The Bertz CT molecular complexity index is 491. The number of aliphatic hydroxyl groups is 1. The van der Waals surface area contributed by atoms with Crippen molar-refractivity contribution in [2.45, 2.75) is 19.4 Å². The first-order valence-electron chi connectivity index (χ1n) is 5.65. The molecule has 0 bridgehead atoms. The van der Waals surface area contributed by atoms with Gasteiger partial charge in [-0.25, -0.2) is 0 Å². The molecular formula is C11H16ClN5O. The quantitative estimate of drug-likeness (QED) is 0.482. The van der Waals surface area contributed by atoms with Crippen LogP contribution < -0.4 is 16.8 Å². The molecule has 0 saturated carbocycles. The number of rotatable bonds is 3. The van der Waals surface area contributed by atoms with Crippen LogP contribution >= 0.6 is 11.6 Å². The van der Waals surface area contributed by atoms with Crippen LogP contribution in [0.5, 0.6) is 0 Å². The third-order valence-electron chi connectivity index (χ3n) is 3.11. The van der Waals surface area contributed by atoms with Gasteiger partial charge in [-0.05, 0) is 13.3 Å². The number of nitrogens with zero attached hydrogens (tertiary/aromatic N) is 2. The highest BCUT2D eigenvalue weighted by molar-refractivity contribution is 6.32. The molecule has 6 nitrogen and oxygen atoms in total. The Morgan fingerprint density at radius 1 is 1.50 bits per heavy atom. The SMILES string of the molecule is CC1=C[C@H](Nc2nc(N)nc(Cl)c2N)C[C@@H]1CO. The maximum absolute atomic E-state index is 9.20. The lowest BCUT2D eigenvalue weighted by Gasteiger charge is -2.15. The van der Waals surface area contributed by atoms with Gasteiger partial charge >= 0.3 is 0 Å². The van der Waals surface area contributed by atoms with E-state index in [0.717, 1.165) is 12.0 Å². The standard InChI is InChI=1S/C11H16ClN5O/c1-5-2-7(3-6(5)4-18)15-10-8(13)9(12)16-11(14)17-10/h2,6-7,18H,3-4,13H2,1H3,(H3,14,15,16,17)/t6-,7+/m1/s1. The minimum absolute atomic E-state index is 0.0646. The van der Waals surface area contributed by atoms with E-state index < -0.39 is 0 Å². The number of nitrogens with two attached hydrogens (primary N) is 2. The Morgan fingerprint density at radius 2 is 2.22 bits per heavy atom. The largest absolute Gasteiger partial charge is 0.396 e. The number of anilines is 3. The molecule has 1 aromatic heterocycles. The van der Waals surface area contributed by atoms with Gasteiger partial charge in [0, 0.05) is 18.6 Å². The van der Waals surface area contributed by atoms with Crippen molar-refractivity contribution < 1.29 is 5.11 Å². The van der Waals surface area contributed by atoms with Gasteiger partial charge in [0.05, 0.1) is 0 Å². The zero-order valence-corrected chi connectivity index (χ0v) is 10.8. The van der Waals surface area contributed by atoms with Gasteiger partial charge in [-0.15, -0.1) is 0 Å². The van der Waals surface area contributed by atoms with E-state index in [2.05, 4.69) is 15.3 Å². The summed E-state index contributed by atoms with van der Waals surface area (Å²) in [5.41, 5.74) is 12.7. The van der Waals surface area contributed by atoms with Crippen LogP contribution in [0.4, 0.5) is 17.5 Å². The normalized spacial score (nSPS) is 22.9. The number of aromatic nitrogens is 2. The lowest BCUT2D eigenvalue weighted by Crippen LogP contribution is -2.19. The van der Waals surface area contributed by atoms with Crippen molar-refractivity contribution in [2.75, 3.05) is 23.4 Å². The van der Waals surface area contributed by atoms with E-state index in [0.29, 0.717) is 5.82 Å². The van der Waals surface area contributed by atoms with Crippen molar-refractivity contribution in [3.63, 3.8) is 0 Å². The lowest BCUT2D eigenvalue weighted by atomic mass is 10.0. The second-order valence-corrected chi connectivity index (χ2v) is 4.77. The summed E-state index contributed by atoms with van der Waals surface area (Å²) >= 11 is 5.84. The molecule has 0 unspecified atom stereocenters. The van der Waals surface area contributed by atoms with Gasteiger partial charge in [0.2, 0.25) is 5.95 Å². The fourth-order valence-corrected chi connectivity index (χ4v) is 2.25. The highest BCUT2D eigenvalue weighted by atomic mass is 35.5. The number of aliphatic hydroxyl groups excluding tert-OH is 1. The third kappa shape index (κ3) is 2.49. The molecule has 2 rings (SSSR count). The summed E-state index contributed by atoms with van der Waals surface area (Å²) in [6, 6.07) is 0.0646. The van der Waals surface area contributed by atoms with Crippen molar-refractivity contribution in [3.05, 3.63) is 16.8 Å². The van der Waals surface area contributed by atoms with E-state index in [1.54, 1.807) is 0 Å². The first-order chi connectivity index (χ1) is 8.51. The van der Waals surface area contributed by atoms with E-state index in [9.17, 15) is 5.11 Å². The van der Waals surface area contributed by atoms with Crippen molar-refractivity contribution in [3.8, 4) is 0 Å². The first-order valence-corrected chi connectivity index (χ1v) is 6.03. The van der Waals surface area contributed by atoms with Crippen molar-refractivity contribution in [1.29, 1.82) is 0 Å². The molecule has 1 aliphatic carbocycles. The van der Waals surface area contributed by atoms with Crippen LogP contribution in [0.25, 0.3) is 0 Å². The molecule has 0 spiro atoms. The van der Waals surface area contributed by atoms with Gasteiger partial charge in [0.1, 0.15) is 5.69 Å². The molecule has 1 aromatic rings. The second kappa shape index (κ2) is 4.99. The summed E-state index contributed by atoms with van der Waals surface area (Å²) in [6.45, 7) is 2.13. The Labute approximate surface area is 110 Å². The molecule has 1 heterocycles. The predicted molar refractivity (Wildman–Crippen MR) is 72.2 cm³/mol. The highest BCUT2D eigenvalue weighted by Gasteiger charge is 2.24. The Kier molecular flexibility index (Phi) is 3.58. The fraction of sp³-hybridized carbons (Fsp3) is 0.455. The van der Waals surface area contributed by atoms with Gasteiger partial charge in [-0.1, -0.05) is 23.3 Å². The summed E-state index contributed by atoms with van der Waals surface area (Å²) in [6.07, 6.45) is 2.84. The molecule has 98 valence electrons. The first kappa shape index (κ1) is 12.9. The van der Waals surface area contributed by atoms with Crippen molar-refractivity contribution in [1.82, 2.24) is 9.97 Å². The average Bonchev–Trinajstić information content (AvgIpc) is 2.65. The molecule has 18 heavy (non-hydrogen) atoms. The highest BCUT2D eigenvalue weighted by Crippen LogP contribution is 2.30. The molecule has 7 heteroatoms. The molecule has 1 aliphatic rings. The molecule has 0 amide bonds. The number of hydrogen-bond acceptors (Lipinski definition) is 6. The Balaban J connectivity index is 2.16. The summed E-state index contributed by atoms with van der Waals surface area (Å²) < 4.78 is 0. The molecule has 0 fully saturated rings. The van der Waals surface area contributed by atoms with Crippen LogP contribution in [0.3, 0.4) is 0 Å². The number of halogens is 1. The molecule has 0 aromatic carbocycles. The zero-order valence-electron chi connectivity index (χ0n) is 10.0. The fourth-order valence-electron chi connectivity index (χ4n) is 2.08. The molecular weight excluding hydrogens is 254 g/mol. The topological polar surface area (TPSA) is 110 Å². The predicted octanol–water partition coefficient (Wildman–Crippen LogP) is 1.03. The number of nitrogens with one attached hydrogen (secondary N) is 1. The van der Waals surface area contributed by atoms with Gasteiger partial charge < -0.3 is 21.9 Å². The summed E-state index contributed by atoms with van der Waals surface area (Å²) in [4.78, 5) is 7.79. The van der Waals surface area contributed by atoms with Crippen LogP contribution in [0.1, 0.15) is 13.3 Å². The minimum Gasteiger partial charge on any atom is -0.396 e.